The molecule has 140 valence electrons. The molecule has 3 aromatic rings. The first-order chi connectivity index (χ1) is 12.7. The van der Waals surface area contributed by atoms with Gasteiger partial charge in [0.15, 0.2) is 17.5 Å². The number of aliphatic hydroxyl groups is 1. The fourth-order valence-electron chi connectivity index (χ4n) is 2.21. The fourth-order valence-corrected chi connectivity index (χ4v) is 2.30. The summed E-state index contributed by atoms with van der Waals surface area (Å²) in [5.74, 6) is -4.17. The molecule has 5 nitrogen and oxygen atoms in total. The summed E-state index contributed by atoms with van der Waals surface area (Å²) in [5.41, 5.74) is -0.858. The summed E-state index contributed by atoms with van der Waals surface area (Å²) in [4.78, 5) is 14.2. The molecule has 0 saturated carbocycles. The summed E-state index contributed by atoms with van der Waals surface area (Å²) in [6.07, 6.45) is -3.43. The molecule has 27 heavy (non-hydrogen) atoms. The average Bonchev–Trinajstić information content (AvgIpc) is 2.63. The summed E-state index contributed by atoms with van der Waals surface area (Å²) in [6.45, 7) is 0. The van der Waals surface area contributed by atoms with Crippen molar-refractivity contribution >= 4 is 11.6 Å². The Morgan fingerprint density at radius 2 is 1.63 bits per heavy atom. The molecule has 0 bridgehead atoms. The molecule has 0 aliphatic heterocycles. The van der Waals surface area contributed by atoms with E-state index in [2.05, 4.69) is 19.9 Å². The van der Waals surface area contributed by atoms with Crippen molar-refractivity contribution in [3.8, 4) is 11.3 Å². The monoisotopic (exact) mass is 402 g/mol. The predicted molar refractivity (Wildman–Crippen MR) is 83.5 cm³/mol. The minimum atomic E-state index is -4.88. The van der Waals surface area contributed by atoms with Crippen molar-refractivity contribution in [3.05, 3.63) is 70.7 Å². The molecule has 1 aromatic carbocycles. The number of rotatable bonds is 3. The zero-order valence-corrected chi connectivity index (χ0v) is 13.8. The van der Waals surface area contributed by atoms with Gasteiger partial charge in [0.1, 0.15) is 6.10 Å². The third kappa shape index (κ3) is 4.01. The number of aliphatic hydroxyl groups excluding tert-OH is 1. The quantitative estimate of drug-likeness (QED) is 0.671. The minimum Gasteiger partial charge on any atom is -0.380 e. The maximum absolute atomic E-state index is 13.6. The van der Waals surface area contributed by atoms with Gasteiger partial charge in [0.25, 0.3) is 0 Å². The maximum atomic E-state index is 13.6. The van der Waals surface area contributed by atoms with Crippen LogP contribution in [0.15, 0.2) is 36.8 Å². The zero-order valence-electron chi connectivity index (χ0n) is 13.0. The number of alkyl halides is 3. The van der Waals surface area contributed by atoms with Gasteiger partial charge in [-0.3, -0.25) is 0 Å². The summed E-state index contributed by atoms with van der Waals surface area (Å²) in [6, 6.07) is 2.42. The summed E-state index contributed by atoms with van der Waals surface area (Å²) >= 11 is 5.66. The number of hydrogen-bond donors (Lipinski definition) is 1. The second-order valence-electron chi connectivity index (χ2n) is 5.29. The van der Waals surface area contributed by atoms with E-state index in [-0.39, 0.29) is 22.0 Å². The Morgan fingerprint density at radius 1 is 0.963 bits per heavy atom. The number of nitrogens with zero attached hydrogens (tertiary/aromatic N) is 4. The predicted octanol–water partition coefficient (Wildman–Crippen LogP) is 3.97. The average molecular weight is 403 g/mol. The Morgan fingerprint density at radius 3 is 2.22 bits per heavy atom. The summed E-state index contributed by atoms with van der Waals surface area (Å²) in [5, 5.41) is 10.6. The van der Waals surface area contributed by atoms with Crippen molar-refractivity contribution in [3.63, 3.8) is 0 Å². The van der Waals surface area contributed by atoms with E-state index in [0.717, 1.165) is 18.3 Å². The van der Waals surface area contributed by atoms with E-state index in [1.54, 1.807) is 0 Å². The molecule has 0 saturated heterocycles. The van der Waals surface area contributed by atoms with Crippen LogP contribution in [0, 0.1) is 11.6 Å². The summed E-state index contributed by atoms with van der Waals surface area (Å²) in [7, 11) is 0. The Bertz CT molecular complexity index is 982. The number of hydrogen-bond acceptors (Lipinski definition) is 5. The second-order valence-corrected chi connectivity index (χ2v) is 5.72. The molecule has 0 amide bonds. The zero-order chi connectivity index (χ0) is 19.8. The van der Waals surface area contributed by atoms with Crippen molar-refractivity contribution in [2.45, 2.75) is 12.3 Å². The molecule has 0 spiro atoms. The van der Waals surface area contributed by atoms with Crippen LogP contribution in [0.4, 0.5) is 22.0 Å². The van der Waals surface area contributed by atoms with Gasteiger partial charge in [-0.25, -0.2) is 28.7 Å². The maximum Gasteiger partial charge on any atom is 0.451 e. The van der Waals surface area contributed by atoms with Gasteiger partial charge in [0.05, 0.1) is 10.7 Å². The van der Waals surface area contributed by atoms with E-state index in [1.807, 2.05) is 0 Å². The highest BCUT2D eigenvalue weighted by atomic mass is 35.5. The highest BCUT2D eigenvalue weighted by Crippen LogP contribution is 2.33. The number of benzene rings is 1. The standard InChI is InChI=1S/C16H8ClF5N4O/c17-8-4-23-14(24-5-8)13(27)9-6-25-15(16(20,21)22)26-12(9)7-1-2-10(18)11(19)3-7/h1-6,13,27H. The Hall–Kier alpha value is -2.72. The van der Waals surface area contributed by atoms with Gasteiger partial charge in [-0.15, -0.1) is 0 Å². The lowest BCUT2D eigenvalue weighted by Gasteiger charge is -2.15. The van der Waals surface area contributed by atoms with Crippen LogP contribution < -0.4 is 0 Å². The molecule has 1 unspecified atom stereocenters. The van der Waals surface area contributed by atoms with Gasteiger partial charge in [-0.1, -0.05) is 11.6 Å². The molecule has 11 heteroatoms. The van der Waals surface area contributed by atoms with Gasteiger partial charge >= 0.3 is 6.18 Å². The number of aromatic nitrogens is 4. The van der Waals surface area contributed by atoms with Crippen LogP contribution >= 0.6 is 11.6 Å². The van der Waals surface area contributed by atoms with E-state index in [0.29, 0.717) is 6.07 Å². The van der Waals surface area contributed by atoms with Crippen molar-refractivity contribution < 1.29 is 27.1 Å². The van der Waals surface area contributed by atoms with Crippen LogP contribution in [0.5, 0.6) is 0 Å². The largest absolute Gasteiger partial charge is 0.451 e. The third-order valence-electron chi connectivity index (χ3n) is 3.44. The van der Waals surface area contributed by atoms with E-state index in [4.69, 9.17) is 11.6 Å². The van der Waals surface area contributed by atoms with Crippen LogP contribution in [-0.2, 0) is 6.18 Å². The lowest BCUT2D eigenvalue weighted by molar-refractivity contribution is -0.144. The van der Waals surface area contributed by atoms with Crippen LogP contribution in [0.1, 0.15) is 23.3 Å². The normalized spacial score (nSPS) is 12.9. The molecule has 3 rings (SSSR count). The molecule has 2 heterocycles. The topological polar surface area (TPSA) is 71.8 Å². The SMILES string of the molecule is OC(c1ncc(Cl)cn1)c1cnc(C(F)(F)F)nc1-c1ccc(F)c(F)c1. The van der Waals surface area contributed by atoms with Gasteiger partial charge in [-0.05, 0) is 18.2 Å². The van der Waals surface area contributed by atoms with E-state index in [1.165, 1.54) is 12.4 Å². The van der Waals surface area contributed by atoms with Gasteiger partial charge in [-0.2, -0.15) is 13.2 Å². The molecular formula is C16H8ClF5N4O. The molecule has 1 N–H and O–H groups in total. The molecule has 0 aliphatic carbocycles. The first-order valence-electron chi connectivity index (χ1n) is 7.22. The molecule has 0 radical (unpaired) electrons. The smallest absolute Gasteiger partial charge is 0.380 e. The number of halogens is 6. The minimum absolute atomic E-state index is 0.176. The fraction of sp³-hybridized carbons (Fsp3) is 0.125. The molecule has 1 atom stereocenters. The van der Waals surface area contributed by atoms with Crippen LogP contribution in [0.3, 0.4) is 0 Å². The van der Waals surface area contributed by atoms with Crippen molar-refractivity contribution in [2.24, 2.45) is 0 Å². The van der Waals surface area contributed by atoms with Gasteiger partial charge in [0.2, 0.25) is 5.82 Å². The van der Waals surface area contributed by atoms with Crippen LogP contribution in [0.25, 0.3) is 11.3 Å². The van der Waals surface area contributed by atoms with E-state index in [9.17, 15) is 27.1 Å². The van der Waals surface area contributed by atoms with Crippen molar-refractivity contribution in [2.75, 3.05) is 0 Å². The van der Waals surface area contributed by atoms with Crippen LogP contribution in [-0.4, -0.2) is 25.0 Å². The van der Waals surface area contributed by atoms with Crippen LogP contribution in [0.2, 0.25) is 5.02 Å². The first-order valence-corrected chi connectivity index (χ1v) is 7.59. The first kappa shape index (κ1) is 19.1. The molecular weight excluding hydrogens is 395 g/mol. The van der Waals surface area contributed by atoms with Crippen molar-refractivity contribution in [1.29, 1.82) is 0 Å². The Labute approximate surface area is 153 Å². The van der Waals surface area contributed by atoms with Gasteiger partial charge < -0.3 is 5.11 Å². The highest BCUT2D eigenvalue weighted by Gasteiger charge is 2.36. The molecule has 0 fully saturated rings. The molecule has 2 aromatic heterocycles. The third-order valence-corrected chi connectivity index (χ3v) is 3.64. The van der Waals surface area contributed by atoms with Crippen molar-refractivity contribution in [1.82, 2.24) is 19.9 Å². The lowest BCUT2D eigenvalue weighted by Crippen LogP contribution is -2.15. The van der Waals surface area contributed by atoms with Gasteiger partial charge in [0, 0.05) is 29.7 Å². The van der Waals surface area contributed by atoms with E-state index >= 15 is 0 Å². The Balaban J connectivity index is 2.17. The highest BCUT2D eigenvalue weighted by molar-refractivity contribution is 6.30. The molecule has 0 aliphatic rings. The summed E-state index contributed by atoms with van der Waals surface area (Å²) < 4.78 is 65.6. The lowest BCUT2D eigenvalue weighted by atomic mass is 10.0. The Kier molecular flexibility index (Phi) is 5.03. The van der Waals surface area contributed by atoms with E-state index < -0.39 is 35.4 Å². The second kappa shape index (κ2) is 7.12.